The molecule has 8 heteroatoms. The number of carbonyl (C=O) groups excluding carboxylic acids is 1. The summed E-state index contributed by atoms with van der Waals surface area (Å²) in [6, 6.07) is 16.1. The molecule has 2 heterocycles. The molecule has 4 aromatic rings. The van der Waals surface area contributed by atoms with E-state index in [4.69, 9.17) is 9.15 Å². The molecule has 4 rings (SSSR count). The lowest BCUT2D eigenvalue weighted by atomic mass is 10.1. The molecule has 7 nitrogen and oxygen atoms in total. The summed E-state index contributed by atoms with van der Waals surface area (Å²) in [7, 11) is -1.12. The normalized spacial score (nSPS) is 11.9. The van der Waals surface area contributed by atoms with E-state index >= 15 is 0 Å². The lowest BCUT2D eigenvalue weighted by Crippen LogP contribution is -2.13. The van der Waals surface area contributed by atoms with Crippen LogP contribution >= 0.6 is 0 Å². The number of anilines is 1. The lowest BCUT2D eigenvalue weighted by molar-refractivity contribution is 0.0998. The zero-order valence-corrected chi connectivity index (χ0v) is 16.3. The third-order valence-electron chi connectivity index (χ3n) is 4.12. The lowest BCUT2D eigenvalue weighted by Gasteiger charge is -2.07. The maximum atomic E-state index is 12.8. The van der Waals surface area contributed by atoms with Gasteiger partial charge in [0.15, 0.2) is 5.76 Å². The molecule has 2 aromatic carbocycles. The van der Waals surface area contributed by atoms with E-state index in [9.17, 15) is 9.00 Å². The van der Waals surface area contributed by atoms with Crippen LogP contribution in [0.5, 0.6) is 11.8 Å². The maximum Gasteiger partial charge on any atom is 0.321 e. The highest BCUT2D eigenvalue weighted by atomic mass is 32.2. The van der Waals surface area contributed by atoms with Gasteiger partial charge in [0, 0.05) is 46.1 Å². The number of furan rings is 1. The predicted octanol–water partition coefficient (Wildman–Crippen LogP) is 4.15. The molecule has 0 saturated carbocycles. The molecule has 0 aliphatic carbocycles. The molecule has 1 unspecified atom stereocenters. The van der Waals surface area contributed by atoms with Crippen LogP contribution in [-0.4, -0.2) is 26.3 Å². The molecule has 0 saturated heterocycles. The van der Waals surface area contributed by atoms with E-state index in [0.29, 0.717) is 22.6 Å². The third kappa shape index (κ3) is 4.33. The molecule has 1 amide bonds. The SMILES string of the molecule is CS(=O)Cc1c(C(=O)Nc2ccc(Oc3ncccn3)cc2)oc2ccccc12. The number of hydrogen-bond donors (Lipinski definition) is 1. The molecule has 0 bridgehead atoms. The first-order chi connectivity index (χ1) is 14.1. The highest BCUT2D eigenvalue weighted by molar-refractivity contribution is 7.83. The second-order valence-corrected chi connectivity index (χ2v) is 7.67. The van der Waals surface area contributed by atoms with Crippen molar-refractivity contribution in [3.8, 4) is 11.8 Å². The number of carbonyl (C=O) groups is 1. The first-order valence-electron chi connectivity index (χ1n) is 8.77. The van der Waals surface area contributed by atoms with Gasteiger partial charge in [-0.3, -0.25) is 9.00 Å². The Bertz CT molecular complexity index is 1170. The molecule has 0 spiro atoms. The molecule has 146 valence electrons. The number of rotatable bonds is 6. The Morgan fingerprint density at radius 3 is 2.52 bits per heavy atom. The Morgan fingerprint density at radius 2 is 1.79 bits per heavy atom. The van der Waals surface area contributed by atoms with Crippen LogP contribution in [0.3, 0.4) is 0 Å². The molecule has 0 aliphatic heterocycles. The van der Waals surface area contributed by atoms with Crippen molar-refractivity contribution >= 4 is 33.4 Å². The van der Waals surface area contributed by atoms with Gasteiger partial charge in [0.25, 0.3) is 5.91 Å². The van der Waals surface area contributed by atoms with Gasteiger partial charge in [-0.2, -0.15) is 0 Å². The monoisotopic (exact) mass is 407 g/mol. The van der Waals surface area contributed by atoms with Crippen molar-refractivity contribution < 1.29 is 18.2 Å². The van der Waals surface area contributed by atoms with Gasteiger partial charge < -0.3 is 14.5 Å². The average Bonchev–Trinajstić information content (AvgIpc) is 3.08. The van der Waals surface area contributed by atoms with E-state index in [1.807, 2.05) is 18.2 Å². The molecule has 0 fully saturated rings. The molecule has 1 N–H and O–H groups in total. The number of nitrogens with zero attached hydrogens (tertiary/aromatic N) is 2. The summed E-state index contributed by atoms with van der Waals surface area (Å²) < 4.78 is 23.1. The van der Waals surface area contributed by atoms with Gasteiger partial charge in [-0.05, 0) is 36.4 Å². The van der Waals surface area contributed by atoms with E-state index in [-0.39, 0.29) is 17.5 Å². The van der Waals surface area contributed by atoms with Crippen molar-refractivity contribution in [2.24, 2.45) is 0 Å². The minimum absolute atomic E-state index is 0.166. The molecule has 0 aliphatic rings. The fourth-order valence-corrected chi connectivity index (χ4v) is 3.56. The summed E-state index contributed by atoms with van der Waals surface area (Å²) in [6.07, 6.45) is 4.77. The standard InChI is InChI=1S/C21H17N3O4S/c1-29(26)13-17-16-5-2-3-6-18(16)28-19(17)20(25)24-14-7-9-15(10-8-14)27-21-22-11-4-12-23-21/h2-12H,13H2,1H3,(H,24,25). The van der Waals surface area contributed by atoms with Crippen LogP contribution in [0.2, 0.25) is 0 Å². The Morgan fingerprint density at radius 1 is 1.07 bits per heavy atom. The van der Waals surface area contributed by atoms with Crippen molar-refractivity contribution in [1.82, 2.24) is 9.97 Å². The van der Waals surface area contributed by atoms with Gasteiger partial charge >= 0.3 is 6.01 Å². The van der Waals surface area contributed by atoms with Crippen LogP contribution in [0.4, 0.5) is 5.69 Å². The molecule has 2 aromatic heterocycles. The topological polar surface area (TPSA) is 94.3 Å². The van der Waals surface area contributed by atoms with Crippen LogP contribution < -0.4 is 10.1 Å². The first-order valence-corrected chi connectivity index (χ1v) is 10.5. The van der Waals surface area contributed by atoms with Crippen LogP contribution in [0.25, 0.3) is 11.0 Å². The largest absolute Gasteiger partial charge is 0.451 e. The number of amides is 1. The van der Waals surface area contributed by atoms with Gasteiger partial charge in [0.2, 0.25) is 0 Å². The molecular formula is C21H17N3O4S. The molecule has 0 radical (unpaired) electrons. The highest BCUT2D eigenvalue weighted by Gasteiger charge is 2.21. The fourth-order valence-electron chi connectivity index (χ4n) is 2.87. The molecule has 29 heavy (non-hydrogen) atoms. The van der Waals surface area contributed by atoms with Gasteiger partial charge in [0.05, 0.1) is 5.75 Å². The van der Waals surface area contributed by atoms with Gasteiger partial charge in [-0.25, -0.2) is 9.97 Å². The Kier molecular flexibility index (Phi) is 5.35. The zero-order chi connectivity index (χ0) is 20.2. The van der Waals surface area contributed by atoms with E-state index in [2.05, 4.69) is 15.3 Å². The van der Waals surface area contributed by atoms with Gasteiger partial charge in [0.1, 0.15) is 11.3 Å². The van der Waals surface area contributed by atoms with Crippen LogP contribution in [0, 0.1) is 0 Å². The summed E-state index contributed by atoms with van der Waals surface area (Å²) >= 11 is 0. The van der Waals surface area contributed by atoms with E-state index in [1.165, 1.54) is 0 Å². The number of nitrogens with one attached hydrogen (secondary N) is 1. The van der Waals surface area contributed by atoms with E-state index in [1.54, 1.807) is 55.0 Å². The van der Waals surface area contributed by atoms with Crippen LogP contribution in [-0.2, 0) is 16.6 Å². The summed E-state index contributed by atoms with van der Waals surface area (Å²) in [4.78, 5) is 20.8. The predicted molar refractivity (Wildman–Crippen MR) is 110 cm³/mol. The van der Waals surface area contributed by atoms with Crippen molar-refractivity contribution in [3.05, 3.63) is 78.3 Å². The van der Waals surface area contributed by atoms with Crippen LogP contribution in [0.15, 0.2) is 71.4 Å². The van der Waals surface area contributed by atoms with Crippen molar-refractivity contribution in [2.45, 2.75) is 5.75 Å². The van der Waals surface area contributed by atoms with Crippen molar-refractivity contribution in [2.75, 3.05) is 11.6 Å². The third-order valence-corrected chi connectivity index (χ3v) is 4.81. The quantitative estimate of drug-likeness (QED) is 0.516. The molecular weight excluding hydrogens is 390 g/mol. The second kappa shape index (κ2) is 8.24. The van der Waals surface area contributed by atoms with Crippen molar-refractivity contribution in [1.29, 1.82) is 0 Å². The second-order valence-electron chi connectivity index (χ2n) is 6.24. The Balaban J connectivity index is 1.54. The summed E-state index contributed by atoms with van der Waals surface area (Å²) in [6.45, 7) is 0. The maximum absolute atomic E-state index is 12.8. The number of aromatic nitrogens is 2. The highest BCUT2D eigenvalue weighted by Crippen LogP contribution is 2.28. The zero-order valence-electron chi connectivity index (χ0n) is 15.5. The average molecular weight is 407 g/mol. The number of benzene rings is 2. The number of para-hydroxylation sites is 1. The summed E-state index contributed by atoms with van der Waals surface area (Å²) in [5, 5.41) is 3.60. The number of ether oxygens (including phenoxy) is 1. The van der Waals surface area contributed by atoms with E-state index < -0.39 is 16.7 Å². The Labute approximate surface area is 169 Å². The first kappa shape index (κ1) is 18.8. The van der Waals surface area contributed by atoms with E-state index in [0.717, 1.165) is 5.39 Å². The van der Waals surface area contributed by atoms with Gasteiger partial charge in [-0.15, -0.1) is 0 Å². The number of hydrogen-bond acceptors (Lipinski definition) is 6. The minimum atomic E-state index is -1.12. The summed E-state index contributed by atoms with van der Waals surface area (Å²) in [5.74, 6) is 0.546. The van der Waals surface area contributed by atoms with Gasteiger partial charge in [-0.1, -0.05) is 18.2 Å². The van der Waals surface area contributed by atoms with Crippen LogP contribution in [0.1, 0.15) is 16.1 Å². The van der Waals surface area contributed by atoms with Crippen molar-refractivity contribution in [3.63, 3.8) is 0 Å². The number of fused-ring (bicyclic) bond motifs is 1. The Hall–Kier alpha value is -3.52. The minimum Gasteiger partial charge on any atom is -0.451 e. The molecule has 1 atom stereocenters. The smallest absolute Gasteiger partial charge is 0.321 e. The summed E-state index contributed by atoms with van der Waals surface area (Å²) in [5.41, 5.74) is 1.80. The fraction of sp³-hybridized carbons (Fsp3) is 0.0952.